The van der Waals surface area contributed by atoms with E-state index in [4.69, 9.17) is 4.42 Å². The van der Waals surface area contributed by atoms with E-state index in [9.17, 15) is 4.79 Å². The SMILES string of the molecule is O=c1oc2cccnc2n1CC1(CS)CCC1. The zero-order valence-electron chi connectivity index (χ0n) is 9.43. The van der Waals surface area contributed by atoms with Crippen LogP contribution in [0.4, 0.5) is 0 Å². The van der Waals surface area contributed by atoms with E-state index in [0.717, 1.165) is 18.6 Å². The molecule has 0 aromatic carbocycles. The van der Waals surface area contributed by atoms with Gasteiger partial charge in [0.1, 0.15) is 0 Å². The monoisotopic (exact) mass is 250 g/mol. The minimum Gasteiger partial charge on any atom is -0.406 e. The van der Waals surface area contributed by atoms with E-state index in [-0.39, 0.29) is 11.2 Å². The third kappa shape index (κ3) is 1.69. The van der Waals surface area contributed by atoms with Crippen molar-refractivity contribution >= 4 is 23.9 Å². The topological polar surface area (TPSA) is 48.0 Å². The summed E-state index contributed by atoms with van der Waals surface area (Å²) < 4.78 is 6.82. The number of oxazole rings is 1. The molecule has 1 saturated carbocycles. The summed E-state index contributed by atoms with van der Waals surface area (Å²) in [6.07, 6.45) is 5.16. The third-order valence-corrected chi connectivity index (χ3v) is 4.34. The molecular formula is C12H14N2O2S. The zero-order chi connectivity index (χ0) is 11.9. The van der Waals surface area contributed by atoms with Crippen LogP contribution in [0.2, 0.25) is 0 Å². The Morgan fingerprint density at radius 1 is 1.53 bits per heavy atom. The van der Waals surface area contributed by atoms with Gasteiger partial charge in [-0.05, 0) is 36.1 Å². The molecule has 0 atom stereocenters. The van der Waals surface area contributed by atoms with Crippen LogP contribution in [0.25, 0.3) is 11.2 Å². The third-order valence-electron chi connectivity index (χ3n) is 3.67. The van der Waals surface area contributed by atoms with Gasteiger partial charge in [0.05, 0.1) is 0 Å². The molecule has 2 aromatic heterocycles. The summed E-state index contributed by atoms with van der Waals surface area (Å²) in [6, 6.07) is 3.54. The van der Waals surface area contributed by atoms with Crippen molar-refractivity contribution in [2.45, 2.75) is 25.8 Å². The van der Waals surface area contributed by atoms with Gasteiger partial charge in [-0.15, -0.1) is 0 Å². The predicted molar refractivity (Wildman–Crippen MR) is 68.4 cm³/mol. The van der Waals surface area contributed by atoms with Crippen molar-refractivity contribution in [2.75, 3.05) is 5.75 Å². The van der Waals surface area contributed by atoms with Crippen LogP contribution < -0.4 is 5.76 Å². The molecule has 1 aliphatic rings. The molecule has 5 heteroatoms. The first-order valence-corrected chi connectivity index (χ1v) is 6.43. The Morgan fingerprint density at radius 3 is 3.00 bits per heavy atom. The summed E-state index contributed by atoms with van der Waals surface area (Å²) in [5.41, 5.74) is 1.36. The Kier molecular flexibility index (Phi) is 2.50. The summed E-state index contributed by atoms with van der Waals surface area (Å²) in [4.78, 5) is 16.0. The Bertz CT molecular complexity index is 592. The van der Waals surface area contributed by atoms with E-state index in [1.165, 1.54) is 6.42 Å². The van der Waals surface area contributed by atoms with Gasteiger partial charge in [0.15, 0.2) is 11.2 Å². The second kappa shape index (κ2) is 3.91. The van der Waals surface area contributed by atoms with Crippen LogP contribution in [0, 0.1) is 5.41 Å². The minimum atomic E-state index is -0.313. The van der Waals surface area contributed by atoms with E-state index < -0.39 is 0 Å². The first kappa shape index (κ1) is 10.9. The van der Waals surface area contributed by atoms with Gasteiger partial charge >= 0.3 is 5.76 Å². The molecule has 0 N–H and O–H groups in total. The average Bonchev–Trinajstić information content (AvgIpc) is 2.60. The maximum Gasteiger partial charge on any atom is 0.421 e. The van der Waals surface area contributed by atoms with E-state index in [2.05, 4.69) is 17.6 Å². The van der Waals surface area contributed by atoms with Crippen molar-refractivity contribution in [3.63, 3.8) is 0 Å². The Morgan fingerprint density at radius 2 is 2.35 bits per heavy atom. The highest BCUT2D eigenvalue weighted by atomic mass is 32.1. The number of aromatic nitrogens is 2. The molecule has 4 nitrogen and oxygen atoms in total. The fourth-order valence-corrected chi connectivity index (χ4v) is 2.83. The lowest BCUT2D eigenvalue weighted by Crippen LogP contribution is -2.38. The second-order valence-corrected chi connectivity index (χ2v) is 5.11. The highest BCUT2D eigenvalue weighted by Crippen LogP contribution is 2.43. The average molecular weight is 250 g/mol. The molecule has 0 spiro atoms. The molecule has 0 radical (unpaired) electrons. The standard InChI is InChI=1S/C12H14N2O2S/c15-11-14(7-12(8-17)4-2-5-12)10-9(16-11)3-1-6-13-10/h1,3,6,17H,2,4-5,7-8H2. The number of fused-ring (bicyclic) bond motifs is 1. The van der Waals surface area contributed by atoms with E-state index in [1.807, 2.05) is 0 Å². The minimum absolute atomic E-state index is 0.154. The lowest BCUT2D eigenvalue weighted by atomic mass is 9.70. The fourth-order valence-electron chi connectivity index (χ4n) is 2.42. The second-order valence-electron chi connectivity index (χ2n) is 4.79. The Balaban J connectivity index is 2.05. The zero-order valence-corrected chi connectivity index (χ0v) is 10.3. The number of hydrogen-bond donors (Lipinski definition) is 1. The van der Waals surface area contributed by atoms with Gasteiger partial charge in [-0.1, -0.05) is 6.42 Å². The first-order valence-electron chi connectivity index (χ1n) is 5.79. The Labute approximate surface area is 104 Å². The van der Waals surface area contributed by atoms with Crippen molar-refractivity contribution < 1.29 is 4.42 Å². The number of nitrogens with zero attached hydrogens (tertiary/aromatic N) is 2. The van der Waals surface area contributed by atoms with Crippen LogP contribution in [0.1, 0.15) is 19.3 Å². The van der Waals surface area contributed by atoms with Gasteiger partial charge < -0.3 is 4.42 Å². The number of pyridine rings is 1. The summed E-state index contributed by atoms with van der Waals surface area (Å²) in [5, 5.41) is 0. The molecule has 0 aliphatic heterocycles. The highest BCUT2D eigenvalue weighted by molar-refractivity contribution is 7.80. The summed E-state index contributed by atoms with van der Waals surface area (Å²) in [5.74, 6) is 0.491. The molecule has 0 unspecified atom stereocenters. The Hall–Kier alpha value is -1.23. The summed E-state index contributed by atoms with van der Waals surface area (Å²) >= 11 is 4.41. The molecule has 0 saturated heterocycles. The number of hydrogen-bond acceptors (Lipinski definition) is 4. The van der Waals surface area contributed by atoms with Gasteiger partial charge in [-0.25, -0.2) is 9.78 Å². The number of rotatable bonds is 3. The molecule has 1 fully saturated rings. The molecule has 90 valence electrons. The lowest BCUT2D eigenvalue weighted by molar-refractivity contribution is 0.137. The smallest absolute Gasteiger partial charge is 0.406 e. The molecule has 3 rings (SSSR count). The maximum absolute atomic E-state index is 11.8. The van der Waals surface area contributed by atoms with Gasteiger partial charge in [0.2, 0.25) is 0 Å². The van der Waals surface area contributed by atoms with Crippen LogP contribution in [-0.2, 0) is 6.54 Å². The van der Waals surface area contributed by atoms with Crippen LogP contribution in [0.15, 0.2) is 27.5 Å². The van der Waals surface area contributed by atoms with Gasteiger partial charge in [0.25, 0.3) is 0 Å². The van der Waals surface area contributed by atoms with Crippen molar-refractivity contribution in [3.05, 3.63) is 28.9 Å². The number of thiol groups is 1. The van der Waals surface area contributed by atoms with E-state index >= 15 is 0 Å². The van der Waals surface area contributed by atoms with Crippen LogP contribution >= 0.6 is 12.6 Å². The van der Waals surface area contributed by atoms with Crippen LogP contribution in [-0.4, -0.2) is 15.3 Å². The molecule has 0 bridgehead atoms. The lowest BCUT2D eigenvalue weighted by Gasteiger charge is -2.40. The molecule has 0 amide bonds. The predicted octanol–water partition coefficient (Wildman–Crippen LogP) is 2.09. The first-order chi connectivity index (χ1) is 8.24. The summed E-state index contributed by atoms with van der Waals surface area (Å²) in [7, 11) is 0. The largest absolute Gasteiger partial charge is 0.421 e. The maximum atomic E-state index is 11.8. The molecular weight excluding hydrogens is 236 g/mol. The fraction of sp³-hybridized carbons (Fsp3) is 0.500. The van der Waals surface area contributed by atoms with E-state index in [0.29, 0.717) is 17.8 Å². The normalized spacial score (nSPS) is 18.2. The van der Waals surface area contributed by atoms with Crippen molar-refractivity contribution in [1.29, 1.82) is 0 Å². The quantitative estimate of drug-likeness (QED) is 0.849. The van der Waals surface area contributed by atoms with Crippen LogP contribution in [0.3, 0.4) is 0 Å². The highest BCUT2D eigenvalue weighted by Gasteiger charge is 2.37. The summed E-state index contributed by atoms with van der Waals surface area (Å²) in [6.45, 7) is 0.666. The van der Waals surface area contributed by atoms with E-state index in [1.54, 1.807) is 22.9 Å². The van der Waals surface area contributed by atoms with Gasteiger partial charge in [-0.2, -0.15) is 12.6 Å². The molecule has 17 heavy (non-hydrogen) atoms. The van der Waals surface area contributed by atoms with Crippen LogP contribution in [0.5, 0.6) is 0 Å². The molecule has 2 heterocycles. The van der Waals surface area contributed by atoms with Crippen molar-refractivity contribution in [2.24, 2.45) is 5.41 Å². The van der Waals surface area contributed by atoms with Crippen molar-refractivity contribution in [3.8, 4) is 0 Å². The van der Waals surface area contributed by atoms with Gasteiger partial charge in [0, 0.05) is 12.7 Å². The molecule has 2 aromatic rings. The van der Waals surface area contributed by atoms with Gasteiger partial charge in [-0.3, -0.25) is 4.57 Å². The molecule has 1 aliphatic carbocycles. The van der Waals surface area contributed by atoms with Crippen molar-refractivity contribution in [1.82, 2.24) is 9.55 Å².